The molecular weight excluding hydrogens is 371 g/mol. The summed E-state index contributed by atoms with van der Waals surface area (Å²) in [5.74, 6) is -0.655. The van der Waals surface area contributed by atoms with E-state index in [4.69, 9.17) is 0 Å². The van der Waals surface area contributed by atoms with E-state index in [0.717, 1.165) is 24.0 Å². The van der Waals surface area contributed by atoms with Gasteiger partial charge in [0.15, 0.2) is 0 Å². The van der Waals surface area contributed by atoms with Gasteiger partial charge in [-0.15, -0.1) is 0 Å². The standard InChI is InChI=1S/C22H19FN4O2/c23-17-7-9-18(10-8-17)27-14-16(6-11-21(27)28)22(29)24-12-3-13-26-15-25-19-4-1-2-5-20(19)26/h1-2,4-11,14-15H,3,12-13H2,(H,24,29). The van der Waals surface area contributed by atoms with Crippen LogP contribution in [0.15, 0.2) is 78.0 Å². The number of carbonyl (C=O) groups is 1. The number of aromatic nitrogens is 3. The first-order valence-electron chi connectivity index (χ1n) is 9.28. The molecule has 0 unspecified atom stereocenters. The first-order valence-corrected chi connectivity index (χ1v) is 9.28. The highest BCUT2D eigenvalue weighted by Gasteiger charge is 2.09. The van der Waals surface area contributed by atoms with Crippen LogP contribution >= 0.6 is 0 Å². The molecule has 1 N–H and O–H groups in total. The molecule has 0 radical (unpaired) electrons. The van der Waals surface area contributed by atoms with Crippen molar-refractivity contribution in [2.75, 3.05) is 6.54 Å². The number of hydrogen-bond donors (Lipinski definition) is 1. The Morgan fingerprint density at radius 2 is 1.83 bits per heavy atom. The van der Waals surface area contributed by atoms with Gasteiger partial charge >= 0.3 is 0 Å². The third-order valence-corrected chi connectivity index (χ3v) is 4.67. The minimum Gasteiger partial charge on any atom is -0.352 e. The average Bonchev–Trinajstić information content (AvgIpc) is 3.15. The Bertz CT molecular complexity index is 1210. The highest BCUT2D eigenvalue weighted by Crippen LogP contribution is 2.12. The molecule has 1 amide bonds. The van der Waals surface area contributed by atoms with Crippen LogP contribution in [0, 0.1) is 5.82 Å². The zero-order chi connectivity index (χ0) is 20.2. The number of nitrogens with zero attached hydrogens (tertiary/aromatic N) is 3. The monoisotopic (exact) mass is 390 g/mol. The van der Waals surface area contributed by atoms with Crippen molar-refractivity contribution < 1.29 is 9.18 Å². The molecule has 0 saturated heterocycles. The maximum atomic E-state index is 13.1. The minimum atomic E-state index is -0.388. The number of imidazole rings is 1. The molecule has 0 bridgehead atoms. The van der Waals surface area contributed by atoms with Gasteiger partial charge < -0.3 is 9.88 Å². The molecule has 0 aliphatic carbocycles. The molecule has 29 heavy (non-hydrogen) atoms. The van der Waals surface area contributed by atoms with Gasteiger partial charge in [0.05, 0.1) is 22.9 Å². The number of carbonyl (C=O) groups excluding carboxylic acids is 1. The van der Waals surface area contributed by atoms with Crippen LogP contribution in [0.4, 0.5) is 4.39 Å². The van der Waals surface area contributed by atoms with E-state index in [1.165, 1.54) is 47.2 Å². The number of nitrogens with one attached hydrogen (secondary N) is 1. The normalized spacial score (nSPS) is 10.9. The van der Waals surface area contributed by atoms with E-state index in [1.54, 1.807) is 6.33 Å². The summed E-state index contributed by atoms with van der Waals surface area (Å²) in [6.45, 7) is 1.22. The van der Waals surface area contributed by atoms with Crippen LogP contribution in [0.25, 0.3) is 16.7 Å². The number of aryl methyl sites for hydroxylation is 1. The van der Waals surface area contributed by atoms with Crippen molar-refractivity contribution in [3.8, 4) is 5.69 Å². The van der Waals surface area contributed by atoms with Crippen molar-refractivity contribution in [2.45, 2.75) is 13.0 Å². The van der Waals surface area contributed by atoms with Crippen LogP contribution in [-0.2, 0) is 6.54 Å². The molecular formula is C22H19FN4O2. The molecule has 0 atom stereocenters. The summed E-state index contributed by atoms with van der Waals surface area (Å²) in [4.78, 5) is 28.9. The summed E-state index contributed by atoms with van der Waals surface area (Å²) in [5.41, 5.74) is 2.57. The molecule has 0 aliphatic rings. The van der Waals surface area contributed by atoms with E-state index >= 15 is 0 Å². The van der Waals surface area contributed by atoms with Crippen LogP contribution in [0.5, 0.6) is 0 Å². The fraction of sp³-hybridized carbons (Fsp3) is 0.136. The van der Waals surface area contributed by atoms with Gasteiger partial charge in [-0.1, -0.05) is 12.1 Å². The second kappa shape index (κ2) is 8.10. The van der Waals surface area contributed by atoms with E-state index < -0.39 is 0 Å². The van der Waals surface area contributed by atoms with Gasteiger partial charge in [0.2, 0.25) is 0 Å². The number of fused-ring (bicyclic) bond motifs is 1. The molecule has 2 aromatic heterocycles. The Morgan fingerprint density at radius 3 is 2.66 bits per heavy atom. The lowest BCUT2D eigenvalue weighted by Gasteiger charge is -2.09. The smallest absolute Gasteiger partial charge is 0.255 e. The first-order chi connectivity index (χ1) is 14.1. The summed E-state index contributed by atoms with van der Waals surface area (Å²) < 4.78 is 16.5. The Balaban J connectivity index is 1.39. The van der Waals surface area contributed by atoms with Gasteiger partial charge in [-0.25, -0.2) is 9.37 Å². The highest BCUT2D eigenvalue weighted by molar-refractivity contribution is 5.93. The number of benzene rings is 2. The van der Waals surface area contributed by atoms with Crippen molar-refractivity contribution in [3.05, 3.63) is 94.9 Å². The Kier molecular flexibility index (Phi) is 5.20. The second-order valence-electron chi connectivity index (χ2n) is 6.64. The fourth-order valence-electron chi connectivity index (χ4n) is 3.17. The van der Waals surface area contributed by atoms with Gasteiger partial charge in [-0.3, -0.25) is 14.2 Å². The van der Waals surface area contributed by atoms with E-state index in [-0.39, 0.29) is 17.3 Å². The van der Waals surface area contributed by atoms with Gasteiger partial charge in [0, 0.05) is 31.0 Å². The van der Waals surface area contributed by atoms with Crippen molar-refractivity contribution in [1.82, 2.24) is 19.4 Å². The quantitative estimate of drug-likeness (QED) is 0.514. The van der Waals surface area contributed by atoms with Gasteiger partial charge in [0.25, 0.3) is 11.5 Å². The summed E-state index contributed by atoms with van der Waals surface area (Å²) in [6.07, 6.45) is 4.00. The number of amides is 1. The number of halogens is 1. The highest BCUT2D eigenvalue weighted by atomic mass is 19.1. The molecule has 4 aromatic rings. The van der Waals surface area contributed by atoms with Crippen molar-refractivity contribution in [2.24, 2.45) is 0 Å². The molecule has 2 heterocycles. The predicted molar refractivity (Wildman–Crippen MR) is 109 cm³/mol. The molecule has 146 valence electrons. The van der Waals surface area contributed by atoms with Crippen LogP contribution in [0.2, 0.25) is 0 Å². The van der Waals surface area contributed by atoms with Crippen LogP contribution in [0.1, 0.15) is 16.8 Å². The Labute approximate surface area is 166 Å². The SMILES string of the molecule is O=C(NCCCn1cnc2ccccc21)c1ccc(=O)n(-c2ccc(F)cc2)c1. The molecule has 6 nitrogen and oxygen atoms in total. The van der Waals surface area contributed by atoms with Gasteiger partial charge in [-0.2, -0.15) is 0 Å². The number of pyridine rings is 1. The number of hydrogen-bond acceptors (Lipinski definition) is 3. The molecule has 4 rings (SSSR count). The second-order valence-corrected chi connectivity index (χ2v) is 6.64. The third-order valence-electron chi connectivity index (χ3n) is 4.67. The molecule has 0 saturated carbocycles. The van der Waals surface area contributed by atoms with E-state index in [2.05, 4.69) is 14.9 Å². The van der Waals surface area contributed by atoms with Crippen molar-refractivity contribution in [3.63, 3.8) is 0 Å². The summed E-state index contributed by atoms with van der Waals surface area (Å²) in [5, 5.41) is 2.87. The predicted octanol–water partition coefficient (Wildman–Crippen LogP) is 3.15. The van der Waals surface area contributed by atoms with E-state index in [0.29, 0.717) is 17.8 Å². The summed E-state index contributed by atoms with van der Waals surface area (Å²) in [7, 11) is 0. The van der Waals surface area contributed by atoms with Crippen molar-refractivity contribution >= 4 is 16.9 Å². The summed E-state index contributed by atoms with van der Waals surface area (Å²) in [6, 6.07) is 16.2. The Morgan fingerprint density at radius 1 is 1.03 bits per heavy atom. The van der Waals surface area contributed by atoms with Gasteiger partial charge in [0.1, 0.15) is 5.82 Å². The zero-order valence-corrected chi connectivity index (χ0v) is 15.6. The number of para-hydroxylation sites is 2. The molecule has 0 fully saturated rings. The molecule has 0 spiro atoms. The van der Waals surface area contributed by atoms with E-state index in [1.807, 2.05) is 24.3 Å². The van der Waals surface area contributed by atoms with Gasteiger partial charge in [-0.05, 0) is 48.9 Å². The maximum Gasteiger partial charge on any atom is 0.255 e. The largest absolute Gasteiger partial charge is 0.352 e. The maximum absolute atomic E-state index is 13.1. The van der Waals surface area contributed by atoms with Crippen LogP contribution in [0.3, 0.4) is 0 Å². The fourth-order valence-corrected chi connectivity index (χ4v) is 3.17. The lowest BCUT2D eigenvalue weighted by Crippen LogP contribution is -2.27. The lowest BCUT2D eigenvalue weighted by atomic mass is 10.2. The van der Waals surface area contributed by atoms with Crippen LogP contribution < -0.4 is 10.9 Å². The average molecular weight is 390 g/mol. The van der Waals surface area contributed by atoms with Crippen molar-refractivity contribution in [1.29, 1.82) is 0 Å². The Hall–Kier alpha value is -3.74. The topological polar surface area (TPSA) is 68.9 Å². The van der Waals surface area contributed by atoms with E-state index in [9.17, 15) is 14.0 Å². The lowest BCUT2D eigenvalue weighted by molar-refractivity contribution is 0.0952. The molecule has 2 aromatic carbocycles. The third kappa shape index (κ3) is 4.08. The minimum absolute atomic E-state index is 0.267. The zero-order valence-electron chi connectivity index (χ0n) is 15.6. The molecule has 7 heteroatoms. The first kappa shape index (κ1) is 18.6. The number of rotatable bonds is 6. The van der Waals surface area contributed by atoms with Crippen LogP contribution in [-0.4, -0.2) is 26.6 Å². The summed E-state index contributed by atoms with van der Waals surface area (Å²) >= 11 is 0. The molecule has 0 aliphatic heterocycles.